The lowest BCUT2D eigenvalue weighted by Gasteiger charge is -2.19. The fourth-order valence-electron chi connectivity index (χ4n) is 3.54. The van der Waals surface area contributed by atoms with Gasteiger partial charge in [0.15, 0.2) is 11.5 Å². The van der Waals surface area contributed by atoms with Crippen LogP contribution in [-0.4, -0.2) is 31.4 Å². The molecule has 0 saturated heterocycles. The van der Waals surface area contributed by atoms with Crippen molar-refractivity contribution in [2.45, 2.75) is 36.8 Å². The van der Waals surface area contributed by atoms with Crippen LogP contribution in [0.5, 0.6) is 0 Å². The lowest BCUT2D eigenvalue weighted by atomic mass is 10.0. The molecule has 0 unspecified atom stereocenters. The number of nitrogens with one attached hydrogen (secondary N) is 1. The molecular formula is C21H17ClF8N6. The smallest absolute Gasteiger partial charge is 0.367 e. The molecule has 3 N–H and O–H groups in total. The number of aryl methyl sites for hydroxylation is 1. The van der Waals surface area contributed by atoms with E-state index in [1.165, 1.54) is 12.1 Å². The van der Waals surface area contributed by atoms with Gasteiger partial charge < -0.3 is 11.1 Å². The molecule has 2 aromatic heterocycles. The standard InChI is InChI=1S/C21H17ClF8N6/c1-10(33-18(31)5-6-18)13-7-11(3-4-14(13)22)12-8-32-36(9-12)17-15(20(25,26)27)16(34-35(17)2)19(23,24)21(28,29)30/h3-4,7-9,33H,1,5-6,31H2,2H3. The van der Waals surface area contributed by atoms with Crippen LogP contribution >= 0.6 is 11.6 Å². The Balaban J connectivity index is 1.78. The lowest BCUT2D eigenvalue weighted by Crippen LogP contribution is -2.38. The van der Waals surface area contributed by atoms with Gasteiger partial charge in [0.1, 0.15) is 5.56 Å². The van der Waals surface area contributed by atoms with Crippen LogP contribution in [0.25, 0.3) is 22.6 Å². The largest absolute Gasteiger partial charge is 0.459 e. The Morgan fingerprint density at radius 1 is 1.11 bits per heavy atom. The number of benzene rings is 1. The van der Waals surface area contributed by atoms with Gasteiger partial charge in [-0.2, -0.15) is 45.3 Å². The molecule has 0 aliphatic heterocycles. The number of hydrogen-bond donors (Lipinski definition) is 2. The minimum absolute atomic E-state index is 0.216. The number of hydrogen-bond acceptors (Lipinski definition) is 4. The Hall–Kier alpha value is -3.13. The summed E-state index contributed by atoms with van der Waals surface area (Å²) in [6.07, 6.45) is -8.31. The van der Waals surface area contributed by atoms with E-state index in [1.807, 2.05) is 0 Å². The highest BCUT2D eigenvalue weighted by molar-refractivity contribution is 6.32. The van der Waals surface area contributed by atoms with Crippen LogP contribution in [0, 0.1) is 0 Å². The number of rotatable bonds is 6. The van der Waals surface area contributed by atoms with Crippen molar-refractivity contribution in [1.29, 1.82) is 0 Å². The summed E-state index contributed by atoms with van der Waals surface area (Å²) in [4.78, 5) is 0. The molecule has 1 aliphatic carbocycles. The molecule has 1 aliphatic rings. The summed E-state index contributed by atoms with van der Waals surface area (Å²) in [5, 5.41) is 9.98. The van der Waals surface area contributed by atoms with Crippen molar-refractivity contribution in [2.75, 3.05) is 0 Å². The maximum absolute atomic E-state index is 13.9. The highest BCUT2D eigenvalue weighted by atomic mass is 35.5. The van der Waals surface area contributed by atoms with E-state index in [0.29, 0.717) is 26.5 Å². The van der Waals surface area contributed by atoms with E-state index < -0.39 is 41.0 Å². The van der Waals surface area contributed by atoms with Gasteiger partial charge in [-0.25, -0.2) is 9.36 Å². The third kappa shape index (κ3) is 4.54. The first-order chi connectivity index (χ1) is 16.4. The average molecular weight is 541 g/mol. The summed E-state index contributed by atoms with van der Waals surface area (Å²) in [6, 6.07) is 4.58. The number of alkyl halides is 8. The second-order valence-electron chi connectivity index (χ2n) is 8.37. The van der Waals surface area contributed by atoms with Crippen molar-refractivity contribution < 1.29 is 35.1 Å². The Morgan fingerprint density at radius 3 is 2.31 bits per heavy atom. The second kappa shape index (κ2) is 8.20. The van der Waals surface area contributed by atoms with E-state index in [1.54, 1.807) is 6.07 Å². The Morgan fingerprint density at radius 2 is 1.75 bits per heavy atom. The predicted octanol–water partition coefficient (Wildman–Crippen LogP) is 5.61. The summed E-state index contributed by atoms with van der Waals surface area (Å²) in [6.45, 7) is 3.90. The molecule has 0 bridgehead atoms. The van der Waals surface area contributed by atoms with Gasteiger partial charge in [0.2, 0.25) is 0 Å². The van der Waals surface area contributed by atoms with Crippen LogP contribution in [0.3, 0.4) is 0 Å². The first-order valence-corrected chi connectivity index (χ1v) is 10.5. The van der Waals surface area contributed by atoms with Crippen LogP contribution in [0.4, 0.5) is 35.1 Å². The minimum Gasteiger partial charge on any atom is -0.367 e. The molecular weight excluding hydrogens is 524 g/mol. The second-order valence-corrected chi connectivity index (χ2v) is 8.78. The van der Waals surface area contributed by atoms with E-state index >= 15 is 0 Å². The third-order valence-electron chi connectivity index (χ3n) is 5.57. The maximum atomic E-state index is 13.9. The van der Waals surface area contributed by atoms with Crippen molar-refractivity contribution in [1.82, 2.24) is 24.9 Å². The number of nitrogens with zero attached hydrogens (tertiary/aromatic N) is 4. The fraction of sp³-hybridized carbons (Fsp3) is 0.333. The number of halogens is 9. The molecule has 2 heterocycles. The van der Waals surface area contributed by atoms with Gasteiger partial charge in [-0.3, -0.25) is 0 Å². The zero-order chi connectivity index (χ0) is 26.8. The molecule has 4 rings (SSSR count). The molecule has 15 heteroatoms. The summed E-state index contributed by atoms with van der Waals surface area (Å²) >= 11 is 6.24. The molecule has 0 radical (unpaired) electrons. The van der Waals surface area contributed by atoms with Gasteiger partial charge in [0, 0.05) is 35.1 Å². The monoisotopic (exact) mass is 540 g/mol. The van der Waals surface area contributed by atoms with Crippen LogP contribution in [-0.2, 0) is 19.1 Å². The van der Waals surface area contributed by atoms with E-state index in [-0.39, 0.29) is 10.2 Å². The first kappa shape index (κ1) is 25.9. The zero-order valence-electron chi connectivity index (χ0n) is 18.3. The van der Waals surface area contributed by atoms with Gasteiger partial charge >= 0.3 is 18.3 Å². The van der Waals surface area contributed by atoms with E-state index in [2.05, 4.69) is 22.1 Å². The number of nitrogens with two attached hydrogens (primary N) is 1. The quantitative estimate of drug-likeness (QED) is 0.315. The van der Waals surface area contributed by atoms with E-state index in [0.717, 1.165) is 32.3 Å². The minimum atomic E-state index is -6.30. The molecule has 36 heavy (non-hydrogen) atoms. The maximum Gasteiger partial charge on any atom is 0.459 e. The van der Waals surface area contributed by atoms with Crippen molar-refractivity contribution in [2.24, 2.45) is 12.8 Å². The Labute approximate surface area is 203 Å². The van der Waals surface area contributed by atoms with E-state index in [4.69, 9.17) is 17.3 Å². The summed E-state index contributed by atoms with van der Waals surface area (Å²) in [5.41, 5.74) is 2.16. The molecule has 0 spiro atoms. The lowest BCUT2D eigenvalue weighted by molar-refractivity contribution is -0.292. The molecule has 0 atom stereocenters. The average Bonchev–Trinajstić information content (AvgIpc) is 3.13. The fourth-order valence-corrected chi connectivity index (χ4v) is 3.78. The van der Waals surface area contributed by atoms with Gasteiger partial charge in [0.05, 0.1) is 11.9 Å². The normalized spacial score (nSPS) is 15.8. The van der Waals surface area contributed by atoms with Gasteiger partial charge in [-0.15, -0.1) is 0 Å². The molecule has 194 valence electrons. The van der Waals surface area contributed by atoms with Crippen LogP contribution in [0.1, 0.15) is 29.7 Å². The van der Waals surface area contributed by atoms with Gasteiger partial charge in [0.25, 0.3) is 0 Å². The zero-order valence-corrected chi connectivity index (χ0v) is 19.0. The van der Waals surface area contributed by atoms with E-state index in [9.17, 15) is 35.1 Å². The Bertz CT molecular complexity index is 1330. The molecule has 6 nitrogen and oxygen atoms in total. The molecule has 1 aromatic carbocycles. The van der Waals surface area contributed by atoms with Crippen molar-refractivity contribution in [3.8, 4) is 16.9 Å². The molecule has 1 fully saturated rings. The third-order valence-corrected chi connectivity index (χ3v) is 5.90. The SMILES string of the molecule is C=C(NC1(N)CC1)c1cc(-c2cnn(-c3c(C(F)(F)F)c(C(F)(F)C(F)(F)F)nn3C)c2)ccc1Cl. The van der Waals surface area contributed by atoms with Gasteiger partial charge in [-0.05, 0) is 30.5 Å². The van der Waals surface area contributed by atoms with Crippen LogP contribution in [0.15, 0.2) is 37.2 Å². The highest BCUT2D eigenvalue weighted by Gasteiger charge is 2.64. The Kier molecular flexibility index (Phi) is 5.91. The first-order valence-electron chi connectivity index (χ1n) is 10.1. The summed E-state index contributed by atoms with van der Waals surface area (Å²) in [5.74, 6) is -6.98. The molecule has 0 amide bonds. The van der Waals surface area contributed by atoms with Crippen LogP contribution in [0.2, 0.25) is 5.02 Å². The summed E-state index contributed by atoms with van der Waals surface area (Å²) in [7, 11) is 0.804. The van der Waals surface area contributed by atoms with Crippen molar-refractivity contribution in [3.63, 3.8) is 0 Å². The van der Waals surface area contributed by atoms with Crippen molar-refractivity contribution in [3.05, 3.63) is 59.0 Å². The molecule has 3 aromatic rings. The van der Waals surface area contributed by atoms with Crippen molar-refractivity contribution >= 4 is 17.3 Å². The van der Waals surface area contributed by atoms with Gasteiger partial charge in [-0.1, -0.05) is 24.2 Å². The highest BCUT2D eigenvalue weighted by Crippen LogP contribution is 2.49. The van der Waals surface area contributed by atoms with Crippen LogP contribution < -0.4 is 11.1 Å². The summed E-state index contributed by atoms with van der Waals surface area (Å²) < 4.78 is 109. The topological polar surface area (TPSA) is 73.7 Å². The predicted molar refractivity (Wildman–Crippen MR) is 114 cm³/mol. The molecule has 1 saturated carbocycles. The number of aromatic nitrogens is 4.